The standard InChI is InChI=1S/C13H27N3S/c1-13(2)6-11(9-17-10-13)16-5-4-15(3)8-12(16)7-14/h11-12H,4-10,14H2,1-3H3. The van der Waals surface area contributed by atoms with Crippen molar-refractivity contribution in [1.29, 1.82) is 0 Å². The first-order valence-electron chi connectivity index (χ1n) is 6.74. The number of hydrogen-bond acceptors (Lipinski definition) is 4. The van der Waals surface area contributed by atoms with Crippen molar-refractivity contribution in [2.75, 3.05) is 44.7 Å². The minimum Gasteiger partial charge on any atom is -0.329 e. The van der Waals surface area contributed by atoms with Gasteiger partial charge in [0.2, 0.25) is 0 Å². The van der Waals surface area contributed by atoms with Gasteiger partial charge >= 0.3 is 0 Å². The predicted molar refractivity (Wildman–Crippen MR) is 76.6 cm³/mol. The lowest BCUT2D eigenvalue weighted by atomic mass is 9.86. The molecule has 0 spiro atoms. The molecular formula is C13H27N3S. The van der Waals surface area contributed by atoms with Gasteiger partial charge in [0, 0.05) is 44.0 Å². The van der Waals surface area contributed by atoms with E-state index in [1.165, 1.54) is 31.0 Å². The van der Waals surface area contributed by atoms with Gasteiger partial charge in [-0.1, -0.05) is 13.8 Å². The van der Waals surface area contributed by atoms with Crippen LogP contribution >= 0.6 is 11.8 Å². The molecule has 17 heavy (non-hydrogen) atoms. The van der Waals surface area contributed by atoms with Crippen molar-refractivity contribution >= 4 is 11.8 Å². The molecule has 0 aromatic rings. The van der Waals surface area contributed by atoms with Crippen molar-refractivity contribution < 1.29 is 0 Å². The van der Waals surface area contributed by atoms with E-state index in [-0.39, 0.29) is 0 Å². The largest absolute Gasteiger partial charge is 0.329 e. The maximum atomic E-state index is 5.96. The lowest BCUT2D eigenvalue weighted by Crippen LogP contribution is -2.60. The van der Waals surface area contributed by atoms with Gasteiger partial charge in [-0.25, -0.2) is 0 Å². The van der Waals surface area contributed by atoms with E-state index in [1.807, 2.05) is 0 Å². The normalized spacial score (nSPS) is 36.0. The van der Waals surface area contributed by atoms with Gasteiger partial charge in [0.15, 0.2) is 0 Å². The second-order valence-electron chi connectivity index (χ2n) is 6.43. The van der Waals surface area contributed by atoms with E-state index >= 15 is 0 Å². The summed E-state index contributed by atoms with van der Waals surface area (Å²) < 4.78 is 0. The summed E-state index contributed by atoms with van der Waals surface area (Å²) in [6.45, 7) is 9.13. The van der Waals surface area contributed by atoms with Crippen LogP contribution in [-0.4, -0.2) is 66.6 Å². The molecule has 2 heterocycles. The molecule has 0 radical (unpaired) electrons. The van der Waals surface area contributed by atoms with Crippen molar-refractivity contribution in [1.82, 2.24) is 9.80 Å². The molecule has 2 fully saturated rings. The van der Waals surface area contributed by atoms with Crippen molar-refractivity contribution in [3.63, 3.8) is 0 Å². The van der Waals surface area contributed by atoms with Crippen LogP contribution in [0.15, 0.2) is 0 Å². The van der Waals surface area contributed by atoms with Crippen LogP contribution in [0.2, 0.25) is 0 Å². The molecule has 0 aromatic heterocycles. The number of nitrogens with zero attached hydrogens (tertiary/aromatic N) is 2. The lowest BCUT2D eigenvalue weighted by Gasteiger charge is -2.47. The zero-order valence-corrected chi connectivity index (χ0v) is 12.3. The Morgan fingerprint density at radius 2 is 2.12 bits per heavy atom. The molecule has 2 rings (SSSR count). The third-order valence-corrected chi connectivity index (χ3v) is 5.67. The Morgan fingerprint density at radius 3 is 2.76 bits per heavy atom. The van der Waals surface area contributed by atoms with Gasteiger partial charge in [0.05, 0.1) is 0 Å². The summed E-state index contributed by atoms with van der Waals surface area (Å²) in [7, 11) is 2.21. The quantitative estimate of drug-likeness (QED) is 0.803. The molecule has 3 nitrogen and oxygen atoms in total. The highest BCUT2D eigenvalue weighted by atomic mass is 32.2. The third-order valence-electron chi connectivity index (χ3n) is 4.06. The Labute approximate surface area is 110 Å². The van der Waals surface area contributed by atoms with E-state index in [9.17, 15) is 0 Å². The number of rotatable bonds is 2. The first-order valence-corrected chi connectivity index (χ1v) is 7.89. The molecule has 0 aliphatic carbocycles. The maximum Gasteiger partial charge on any atom is 0.0349 e. The highest BCUT2D eigenvalue weighted by molar-refractivity contribution is 7.99. The summed E-state index contributed by atoms with van der Waals surface area (Å²) in [5.41, 5.74) is 6.45. The topological polar surface area (TPSA) is 32.5 Å². The molecule has 2 aliphatic heterocycles. The first-order chi connectivity index (χ1) is 8.02. The average Bonchev–Trinajstić information content (AvgIpc) is 2.27. The van der Waals surface area contributed by atoms with Gasteiger partial charge in [-0.2, -0.15) is 11.8 Å². The Bertz CT molecular complexity index is 257. The van der Waals surface area contributed by atoms with Crippen LogP contribution in [0, 0.1) is 5.41 Å². The number of hydrogen-bond donors (Lipinski definition) is 1. The fourth-order valence-corrected chi connectivity index (χ4v) is 4.52. The molecule has 100 valence electrons. The first kappa shape index (κ1) is 13.7. The van der Waals surface area contributed by atoms with E-state index < -0.39 is 0 Å². The van der Waals surface area contributed by atoms with Crippen LogP contribution in [0.3, 0.4) is 0 Å². The lowest BCUT2D eigenvalue weighted by molar-refractivity contribution is 0.0469. The number of thioether (sulfide) groups is 1. The maximum absolute atomic E-state index is 5.96. The Morgan fingerprint density at radius 1 is 1.35 bits per heavy atom. The molecule has 0 saturated carbocycles. The van der Waals surface area contributed by atoms with E-state index in [2.05, 4.69) is 42.5 Å². The SMILES string of the molecule is CN1CCN(C2CSCC(C)(C)C2)C(CN)C1. The van der Waals surface area contributed by atoms with Crippen LogP contribution in [0.5, 0.6) is 0 Å². The van der Waals surface area contributed by atoms with Crippen LogP contribution in [0.25, 0.3) is 0 Å². The monoisotopic (exact) mass is 257 g/mol. The van der Waals surface area contributed by atoms with Gasteiger partial charge < -0.3 is 10.6 Å². The smallest absolute Gasteiger partial charge is 0.0349 e. The van der Waals surface area contributed by atoms with E-state index in [4.69, 9.17) is 5.73 Å². The van der Waals surface area contributed by atoms with Gasteiger partial charge in [0.25, 0.3) is 0 Å². The molecular weight excluding hydrogens is 230 g/mol. The van der Waals surface area contributed by atoms with Crippen molar-refractivity contribution in [3.05, 3.63) is 0 Å². The fourth-order valence-electron chi connectivity index (χ4n) is 3.16. The molecule has 2 aliphatic rings. The Hall–Kier alpha value is 0.230. The summed E-state index contributed by atoms with van der Waals surface area (Å²) in [4.78, 5) is 5.10. The average molecular weight is 257 g/mol. The summed E-state index contributed by atoms with van der Waals surface area (Å²) >= 11 is 2.12. The molecule has 4 heteroatoms. The highest BCUT2D eigenvalue weighted by Crippen LogP contribution is 2.36. The van der Waals surface area contributed by atoms with Crippen LogP contribution in [-0.2, 0) is 0 Å². The Balaban J connectivity index is 2.00. The summed E-state index contributed by atoms with van der Waals surface area (Å²) in [6.07, 6.45) is 1.33. The molecule has 2 N–H and O–H groups in total. The fraction of sp³-hybridized carbons (Fsp3) is 1.00. The highest BCUT2D eigenvalue weighted by Gasteiger charge is 2.36. The van der Waals surface area contributed by atoms with Crippen molar-refractivity contribution in [2.45, 2.75) is 32.4 Å². The van der Waals surface area contributed by atoms with E-state index in [0.717, 1.165) is 19.1 Å². The molecule has 0 amide bonds. The number of piperazine rings is 1. The Kier molecular flexibility index (Phi) is 4.40. The second kappa shape index (κ2) is 5.47. The zero-order chi connectivity index (χ0) is 12.5. The summed E-state index contributed by atoms with van der Waals surface area (Å²) in [5.74, 6) is 2.61. The van der Waals surface area contributed by atoms with E-state index in [0.29, 0.717) is 11.5 Å². The third kappa shape index (κ3) is 3.37. The summed E-state index contributed by atoms with van der Waals surface area (Å²) in [5, 5.41) is 0. The summed E-state index contributed by atoms with van der Waals surface area (Å²) in [6, 6.07) is 1.30. The van der Waals surface area contributed by atoms with Gasteiger partial charge in [-0.05, 0) is 24.6 Å². The van der Waals surface area contributed by atoms with Crippen LogP contribution in [0.4, 0.5) is 0 Å². The molecule has 0 aromatic carbocycles. The predicted octanol–water partition coefficient (Wildman–Crippen LogP) is 1.09. The van der Waals surface area contributed by atoms with Crippen LogP contribution in [0.1, 0.15) is 20.3 Å². The zero-order valence-electron chi connectivity index (χ0n) is 11.5. The molecule has 2 saturated heterocycles. The second-order valence-corrected chi connectivity index (χ2v) is 7.46. The van der Waals surface area contributed by atoms with Gasteiger partial charge in [0.1, 0.15) is 0 Å². The molecule has 0 bridgehead atoms. The minimum absolute atomic E-state index is 0.496. The van der Waals surface area contributed by atoms with Gasteiger partial charge in [-0.15, -0.1) is 0 Å². The van der Waals surface area contributed by atoms with Crippen molar-refractivity contribution in [3.8, 4) is 0 Å². The van der Waals surface area contributed by atoms with E-state index in [1.54, 1.807) is 0 Å². The number of likely N-dealkylation sites (N-methyl/N-ethyl adjacent to an activating group) is 1. The number of nitrogens with two attached hydrogens (primary N) is 1. The van der Waals surface area contributed by atoms with Gasteiger partial charge in [-0.3, -0.25) is 4.90 Å². The molecule has 2 atom stereocenters. The van der Waals surface area contributed by atoms with Crippen molar-refractivity contribution in [2.24, 2.45) is 11.1 Å². The minimum atomic E-state index is 0.496. The van der Waals surface area contributed by atoms with Crippen LogP contribution < -0.4 is 5.73 Å². The molecule has 2 unspecified atom stereocenters.